The van der Waals surface area contributed by atoms with Gasteiger partial charge < -0.3 is 14.2 Å². The van der Waals surface area contributed by atoms with Crippen LogP contribution in [0, 0.1) is 0 Å². The van der Waals surface area contributed by atoms with Gasteiger partial charge in [-0.25, -0.2) is 9.21 Å². The first kappa shape index (κ1) is 18.7. The Morgan fingerprint density at radius 2 is 1.45 bits per heavy atom. The molecule has 5 nitrogen and oxygen atoms in total. The lowest BCUT2D eigenvalue weighted by Crippen LogP contribution is -2.06. The fraction of sp³-hybridized carbons (Fsp3) is 0.167. The van der Waals surface area contributed by atoms with Gasteiger partial charge in [-0.3, -0.25) is 0 Å². The molecular weight excluding hydrogens is 368 g/mol. The second-order valence-electron chi connectivity index (χ2n) is 6.47. The maximum Gasteiger partial charge on any atom is 0.365 e. The predicted octanol–water partition coefficient (Wildman–Crippen LogP) is 5.73. The third kappa shape index (κ3) is 3.36. The molecule has 0 atom stereocenters. The van der Waals surface area contributed by atoms with Gasteiger partial charge in [0.1, 0.15) is 11.5 Å². The van der Waals surface area contributed by atoms with Crippen molar-refractivity contribution < 1.29 is 23.4 Å². The molecule has 0 saturated carbocycles. The lowest BCUT2D eigenvalue weighted by molar-refractivity contribution is 0.0527. The summed E-state index contributed by atoms with van der Waals surface area (Å²) in [5.74, 6) is 1.02. The summed E-state index contributed by atoms with van der Waals surface area (Å²) in [7, 11) is 3.23. The van der Waals surface area contributed by atoms with Crippen molar-refractivity contribution in [1.82, 2.24) is 0 Å². The van der Waals surface area contributed by atoms with Gasteiger partial charge in [0.2, 0.25) is 0 Å². The fourth-order valence-corrected chi connectivity index (χ4v) is 3.48. The first-order chi connectivity index (χ1) is 14.2. The molecule has 5 heteroatoms. The Kier molecular flexibility index (Phi) is 5.04. The summed E-state index contributed by atoms with van der Waals surface area (Å²) in [5.41, 5.74) is 3.50. The van der Waals surface area contributed by atoms with Gasteiger partial charge >= 0.3 is 17.1 Å². The Morgan fingerprint density at radius 1 is 0.862 bits per heavy atom. The highest BCUT2D eigenvalue weighted by molar-refractivity contribution is 6.12. The summed E-state index contributed by atoms with van der Waals surface area (Å²) in [4.78, 5) is 12.6. The molecule has 1 heterocycles. The van der Waals surface area contributed by atoms with Crippen LogP contribution in [0.15, 0.2) is 65.1 Å². The number of hydrogen-bond acceptors (Lipinski definition) is 4. The molecule has 0 radical (unpaired) electrons. The standard InChI is InChI=1S/C24H21O5/c1-4-28-24(25)18-8-6-5-7-17(18)23-19-11-9-15(26-2)13-21(19)29-22-14-16(27-3)10-12-20(22)23/h5-14H,4H2,1-3H3/q+1. The van der Waals surface area contributed by atoms with E-state index >= 15 is 0 Å². The van der Waals surface area contributed by atoms with Gasteiger partial charge in [-0.15, -0.1) is 0 Å². The average molecular weight is 389 g/mol. The number of ether oxygens (including phenoxy) is 3. The molecule has 0 saturated heterocycles. The van der Waals surface area contributed by atoms with E-state index < -0.39 is 0 Å². The number of carbonyl (C=O) groups excluding carboxylic acids is 1. The Hall–Kier alpha value is -3.60. The molecule has 1 aromatic heterocycles. The summed E-state index contributed by atoms with van der Waals surface area (Å²) in [6, 6.07) is 18.8. The summed E-state index contributed by atoms with van der Waals surface area (Å²) in [6.07, 6.45) is 0. The van der Waals surface area contributed by atoms with Crippen molar-refractivity contribution in [2.45, 2.75) is 6.92 Å². The van der Waals surface area contributed by atoms with Crippen LogP contribution in [0.25, 0.3) is 33.1 Å². The highest BCUT2D eigenvalue weighted by Crippen LogP contribution is 2.40. The van der Waals surface area contributed by atoms with Crippen molar-refractivity contribution in [1.29, 1.82) is 0 Å². The van der Waals surface area contributed by atoms with Crippen LogP contribution in [0.3, 0.4) is 0 Å². The summed E-state index contributed by atoms with van der Waals surface area (Å²) >= 11 is 0. The van der Waals surface area contributed by atoms with Crippen molar-refractivity contribution in [2.75, 3.05) is 20.8 Å². The van der Waals surface area contributed by atoms with E-state index in [0.717, 1.165) is 21.9 Å². The molecule has 146 valence electrons. The number of hydrogen-bond donors (Lipinski definition) is 0. The predicted molar refractivity (Wildman–Crippen MR) is 113 cm³/mol. The Balaban J connectivity index is 2.11. The largest absolute Gasteiger partial charge is 0.496 e. The van der Waals surface area contributed by atoms with E-state index in [4.69, 9.17) is 18.6 Å². The molecule has 0 spiro atoms. The van der Waals surface area contributed by atoms with E-state index in [-0.39, 0.29) is 5.97 Å². The second kappa shape index (κ2) is 7.80. The first-order valence-corrected chi connectivity index (χ1v) is 9.34. The van der Waals surface area contributed by atoms with Crippen LogP contribution in [0.1, 0.15) is 17.3 Å². The molecule has 0 fully saturated rings. The van der Waals surface area contributed by atoms with E-state index in [2.05, 4.69) is 0 Å². The Morgan fingerprint density at radius 3 is 2.00 bits per heavy atom. The fourth-order valence-electron chi connectivity index (χ4n) is 3.48. The molecule has 0 unspecified atom stereocenters. The lowest BCUT2D eigenvalue weighted by Gasteiger charge is -2.11. The molecule has 0 aliphatic carbocycles. The minimum absolute atomic E-state index is 0.313. The quantitative estimate of drug-likeness (QED) is 0.248. The molecule has 0 N–H and O–H groups in total. The molecule has 0 amide bonds. The third-order valence-electron chi connectivity index (χ3n) is 4.83. The molecule has 3 aromatic carbocycles. The van der Waals surface area contributed by atoms with Crippen molar-refractivity contribution in [3.8, 4) is 22.6 Å². The monoisotopic (exact) mass is 389 g/mol. The molecular formula is C24H21O5+. The normalized spacial score (nSPS) is 10.9. The number of carbonyl (C=O) groups is 1. The minimum atomic E-state index is -0.354. The second-order valence-corrected chi connectivity index (χ2v) is 6.47. The van der Waals surface area contributed by atoms with Gasteiger partial charge in [-0.05, 0) is 42.8 Å². The highest BCUT2D eigenvalue weighted by atomic mass is 16.5. The van der Waals surface area contributed by atoms with E-state index in [1.54, 1.807) is 27.2 Å². The number of methoxy groups -OCH3 is 2. The van der Waals surface area contributed by atoms with Crippen molar-refractivity contribution in [3.05, 3.63) is 66.2 Å². The van der Waals surface area contributed by atoms with Crippen molar-refractivity contribution >= 4 is 27.9 Å². The topological polar surface area (TPSA) is 56.1 Å². The maximum atomic E-state index is 12.6. The van der Waals surface area contributed by atoms with E-state index in [1.807, 2.05) is 54.6 Å². The van der Waals surface area contributed by atoms with Crippen LogP contribution in [-0.2, 0) is 4.74 Å². The SMILES string of the molecule is CCOC(=O)c1ccccc1-c1c2ccc(OC)cc2[o+]c2cc(OC)ccc12. The van der Waals surface area contributed by atoms with Gasteiger partial charge in [-0.2, -0.15) is 0 Å². The summed E-state index contributed by atoms with van der Waals surface area (Å²) in [5, 5.41) is 1.75. The van der Waals surface area contributed by atoms with Gasteiger partial charge in [-0.1, -0.05) is 18.2 Å². The highest BCUT2D eigenvalue weighted by Gasteiger charge is 2.24. The molecule has 29 heavy (non-hydrogen) atoms. The molecule has 0 bridgehead atoms. The molecule has 4 aromatic rings. The Bertz CT molecular complexity index is 1150. The van der Waals surface area contributed by atoms with Crippen molar-refractivity contribution in [3.63, 3.8) is 0 Å². The van der Waals surface area contributed by atoms with Gasteiger partial charge in [0, 0.05) is 5.56 Å². The Labute approximate surface area is 168 Å². The lowest BCUT2D eigenvalue weighted by atomic mass is 9.93. The van der Waals surface area contributed by atoms with E-state index in [0.29, 0.717) is 34.8 Å². The molecule has 4 rings (SSSR count). The van der Waals surface area contributed by atoms with E-state index in [9.17, 15) is 4.79 Å². The zero-order valence-electron chi connectivity index (χ0n) is 16.5. The zero-order chi connectivity index (χ0) is 20.4. The van der Waals surface area contributed by atoms with Crippen LogP contribution in [0.4, 0.5) is 0 Å². The van der Waals surface area contributed by atoms with Crippen LogP contribution in [0.5, 0.6) is 11.5 Å². The molecule has 0 aliphatic rings. The number of fused-ring (bicyclic) bond motifs is 2. The van der Waals surface area contributed by atoms with Crippen LogP contribution in [-0.4, -0.2) is 26.8 Å². The van der Waals surface area contributed by atoms with Crippen molar-refractivity contribution in [2.24, 2.45) is 0 Å². The van der Waals surface area contributed by atoms with E-state index in [1.165, 1.54) is 0 Å². The van der Waals surface area contributed by atoms with Crippen LogP contribution >= 0.6 is 0 Å². The minimum Gasteiger partial charge on any atom is -0.496 e. The first-order valence-electron chi connectivity index (χ1n) is 9.34. The number of rotatable bonds is 5. The maximum absolute atomic E-state index is 12.6. The van der Waals surface area contributed by atoms with Crippen LogP contribution < -0.4 is 9.47 Å². The third-order valence-corrected chi connectivity index (χ3v) is 4.83. The average Bonchev–Trinajstić information content (AvgIpc) is 2.76. The van der Waals surface area contributed by atoms with Gasteiger partial charge in [0.25, 0.3) is 0 Å². The summed E-state index contributed by atoms with van der Waals surface area (Å²) < 4.78 is 22.2. The van der Waals surface area contributed by atoms with Gasteiger partial charge in [0.15, 0.2) is 0 Å². The molecule has 0 aliphatic heterocycles. The van der Waals surface area contributed by atoms with Gasteiger partial charge in [0.05, 0.1) is 49.3 Å². The number of esters is 1. The zero-order valence-corrected chi connectivity index (χ0v) is 16.5. The van der Waals surface area contributed by atoms with Crippen LogP contribution in [0.2, 0.25) is 0 Å². The number of benzene rings is 3. The smallest absolute Gasteiger partial charge is 0.365 e. The summed E-state index contributed by atoms with van der Waals surface area (Å²) in [6.45, 7) is 2.11.